The van der Waals surface area contributed by atoms with E-state index in [0.29, 0.717) is 11.8 Å². The van der Waals surface area contributed by atoms with Gasteiger partial charge in [0.25, 0.3) is 0 Å². The van der Waals surface area contributed by atoms with Gasteiger partial charge in [-0.05, 0) is 68.7 Å². The summed E-state index contributed by atoms with van der Waals surface area (Å²) in [5, 5.41) is 3.48. The molecule has 4 rings (SSSR count). The molecule has 5 heteroatoms. The number of hydrogen-bond acceptors (Lipinski definition) is 5. The Balaban J connectivity index is 1.47. The summed E-state index contributed by atoms with van der Waals surface area (Å²) in [6, 6.07) is 16.6. The molecule has 2 aromatic carbocycles. The lowest BCUT2D eigenvalue weighted by atomic mass is 9.82. The zero-order chi connectivity index (χ0) is 25.0. The summed E-state index contributed by atoms with van der Waals surface area (Å²) in [5.41, 5.74) is 6.38. The molecule has 35 heavy (non-hydrogen) atoms. The number of ether oxygens (including phenoxy) is 1. The average molecular weight is 488 g/mol. The second kappa shape index (κ2) is 10.9. The lowest BCUT2D eigenvalue weighted by Crippen LogP contribution is -2.15. The molecule has 0 radical (unpaired) electrons. The first-order valence-electron chi connectivity index (χ1n) is 12.7. The highest BCUT2D eigenvalue weighted by Gasteiger charge is 2.21. The van der Waals surface area contributed by atoms with Gasteiger partial charge in [-0.1, -0.05) is 58.0 Å². The van der Waals surface area contributed by atoms with E-state index in [2.05, 4.69) is 57.3 Å². The predicted molar refractivity (Wildman–Crippen MR) is 147 cm³/mol. The molecule has 4 aromatic rings. The molecule has 0 unspecified atom stereocenters. The van der Waals surface area contributed by atoms with E-state index in [1.807, 2.05) is 38.1 Å². The highest BCUT2D eigenvalue weighted by Crippen LogP contribution is 2.32. The summed E-state index contributed by atoms with van der Waals surface area (Å²) >= 11 is 1.79. The molecule has 4 nitrogen and oxygen atoms in total. The molecule has 0 N–H and O–H groups in total. The molecule has 0 saturated heterocycles. The zero-order valence-electron chi connectivity index (χ0n) is 21.8. The van der Waals surface area contributed by atoms with E-state index < -0.39 is 0 Å². The Hall–Kier alpha value is -2.79. The smallest absolute Gasteiger partial charge is 0.241 e. The molecule has 2 aromatic heterocycles. The van der Waals surface area contributed by atoms with E-state index in [-0.39, 0.29) is 11.5 Å². The number of aryl methyl sites for hydroxylation is 1. The maximum atomic E-state index is 6.07. The third kappa shape index (κ3) is 6.66. The lowest BCUT2D eigenvalue weighted by molar-refractivity contribution is 0.234. The van der Waals surface area contributed by atoms with Crippen molar-refractivity contribution in [3.8, 4) is 17.1 Å². The molecule has 0 spiro atoms. The van der Waals surface area contributed by atoms with Crippen LogP contribution in [0.1, 0.15) is 76.6 Å². The number of rotatable bonds is 10. The van der Waals surface area contributed by atoms with Crippen LogP contribution < -0.4 is 4.74 Å². The van der Waals surface area contributed by atoms with Gasteiger partial charge >= 0.3 is 0 Å². The topological polar surface area (TPSA) is 47.9 Å². The van der Waals surface area contributed by atoms with Gasteiger partial charge in [0.15, 0.2) is 0 Å². The van der Waals surface area contributed by atoms with Crippen molar-refractivity contribution in [1.29, 1.82) is 0 Å². The summed E-state index contributed by atoms with van der Waals surface area (Å²) in [7, 11) is 0. The van der Waals surface area contributed by atoms with E-state index in [1.54, 1.807) is 11.3 Å². The lowest BCUT2D eigenvalue weighted by Gasteiger charge is -2.23. The molecule has 0 aliphatic carbocycles. The van der Waals surface area contributed by atoms with Crippen molar-refractivity contribution in [3.63, 3.8) is 0 Å². The fraction of sp³-hybridized carbons (Fsp3) is 0.433. The molecule has 0 saturated carbocycles. The van der Waals surface area contributed by atoms with Crippen LogP contribution in [0, 0.1) is 5.41 Å². The van der Waals surface area contributed by atoms with E-state index in [0.717, 1.165) is 48.0 Å². The Bertz CT molecular complexity index is 1280. The number of para-hydroxylation sites is 2. The van der Waals surface area contributed by atoms with Crippen LogP contribution in [0.3, 0.4) is 0 Å². The molecule has 0 bridgehead atoms. The fourth-order valence-electron chi connectivity index (χ4n) is 4.37. The third-order valence-electron chi connectivity index (χ3n) is 6.13. The first-order chi connectivity index (χ1) is 16.7. The molecule has 0 amide bonds. The van der Waals surface area contributed by atoms with Crippen molar-refractivity contribution < 1.29 is 4.74 Å². The minimum atomic E-state index is 0.0314. The van der Waals surface area contributed by atoms with Gasteiger partial charge in [-0.3, -0.25) is 0 Å². The normalized spacial score (nSPS) is 12.1. The van der Waals surface area contributed by atoms with Gasteiger partial charge < -0.3 is 4.74 Å². The number of fused-ring (bicyclic) bond motifs is 1. The Morgan fingerprint density at radius 3 is 2.34 bits per heavy atom. The van der Waals surface area contributed by atoms with E-state index >= 15 is 0 Å². The van der Waals surface area contributed by atoms with E-state index in [1.165, 1.54) is 16.3 Å². The van der Waals surface area contributed by atoms with Crippen molar-refractivity contribution in [2.45, 2.75) is 79.2 Å². The van der Waals surface area contributed by atoms with Crippen molar-refractivity contribution in [2.75, 3.05) is 0 Å². The zero-order valence-corrected chi connectivity index (χ0v) is 22.7. The molecule has 0 aliphatic rings. The summed E-state index contributed by atoms with van der Waals surface area (Å²) in [5.74, 6) is 1.10. The summed E-state index contributed by atoms with van der Waals surface area (Å²) in [4.78, 5) is 14.6. The molecule has 0 fully saturated rings. The highest BCUT2D eigenvalue weighted by atomic mass is 32.1. The van der Waals surface area contributed by atoms with Crippen LogP contribution in [0.5, 0.6) is 5.88 Å². The van der Waals surface area contributed by atoms with Gasteiger partial charge in [-0.15, -0.1) is 11.3 Å². The molecule has 2 heterocycles. The highest BCUT2D eigenvalue weighted by molar-refractivity contribution is 7.09. The molecular formula is C30H37N3OS. The van der Waals surface area contributed by atoms with Crippen molar-refractivity contribution in [3.05, 3.63) is 70.2 Å². The van der Waals surface area contributed by atoms with Crippen LogP contribution in [0.2, 0.25) is 0 Å². The monoisotopic (exact) mass is 487 g/mol. The SMILES string of the molecule is CC(C)Oc1nc2ccccc2nc1-c1cccc(CCCC(C)(C)Cc2csc(C(C)C)n2)c1. The molecule has 184 valence electrons. The van der Waals surface area contributed by atoms with Gasteiger partial charge in [-0.25, -0.2) is 15.0 Å². The van der Waals surface area contributed by atoms with Gasteiger partial charge in [0.1, 0.15) is 5.69 Å². The number of benzene rings is 2. The number of hydrogen-bond donors (Lipinski definition) is 0. The van der Waals surface area contributed by atoms with Crippen molar-refractivity contribution in [1.82, 2.24) is 15.0 Å². The Morgan fingerprint density at radius 1 is 0.914 bits per heavy atom. The quantitative estimate of drug-likeness (QED) is 0.226. The van der Waals surface area contributed by atoms with Gasteiger partial charge in [-0.2, -0.15) is 0 Å². The molecule has 0 aliphatic heterocycles. The van der Waals surface area contributed by atoms with E-state index in [4.69, 9.17) is 19.7 Å². The maximum Gasteiger partial charge on any atom is 0.241 e. The fourth-order valence-corrected chi connectivity index (χ4v) is 5.21. The van der Waals surface area contributed by atoms with Crippen LogP contribution >= 0.6 is 11.3 Å². The largest absolute Gasteiger partial charge is 0.473 e. The summed E-state index contributed by atoms with van der Waals surface area (Å²) in [6.45, 7) is 13.2. The van der Waals surface area contributed by atoms with Gasteiger partial charge in [0, 0.05) is 16.9 Å². The third-order valence-corrected chi connectivity index (χ3v) is 7.32. The minimum absolute atomic E-state index is 0.0314. The van der Waals surface area contributed by atoms with Gasteiger partial charge in [0.2, 0.25) is 5.88 Å². The Morgan fingerprint density at radius 2 is 1.66 bits per heavy atom. The molecule has 0 atom stereocenters. The second-order valence-corrected chi connectivity index (χ2v) is 11.6. The summed E-state index contributed by atoms with van der Waals surface area (Å²) < 4.78 is 6.07. The first kappa shape index (κ1) is 25.3. The van der Waals surface area contributed by atoms with E-state index in [9.17, 15) is 0 Å². The van der Waals surface area contributed by atoms with Crippen molar-refractivity contribution in [2.24, 2.45) is 5.41 Å². The number of aromatic nitrogens is 3. The number of nitrogens with zero attached hydrogens (tertiary/aromatic N) is 3. The Kier molecular flexibility index (Phi) is 7.85. The average Bonchev–Trinajstić information content (AvgIpc) is 3.26. The van der Waals surface area contributed by atoms with Crippen LogP contribution in [-0.2, 0) is 12.8 Å². The summed E-state index contributed by atoms with van der Waals surface area (Å²) in [6.07, 6.45) is 4.38. The van der Waals surface area contributed by atoms with Crippen LogP contribution in [0.15, 0.2) is 53.9 Å². The van der Waals surface area contributed by atoms with Gasteiger partial charge in [0.05, 0.1) is 27.8 Å². The minimum Gasteiger partial charge on any atom is -0.473 e. The first-order valence-corrected chi connectivity index (χ1v) is 13.6. The maximum absolute atomic E-state index is 6.07. The Labute approximate surface area is 213 Å². The predicted octanol–water partition coefficient (Wildman–Crippen LogP) is 8.26. The van der Waals surface area contributed by atoms with Crippen LogP contribution in [-0.4, -0.2) is 21.1 Å². The molecular weight excluding hydrogens is 450 g/mol. The number of thiazole rings is 1. The van der Waals surface area contributed by atoms with Crippen LogP contribution in [0.4, 0.5) is 0 Å². The standard InChI is InChI=1S/C30H37N3OS/c1-20(2)29-31-24(19-35-29)18-30(5,6)16-10-12-22-11-9-13-23(17-22)27-28(34-21(3)4)33-26-15-8-7-14-25(26)32-27/h7-9,11,13-15,17,19-21H,10,12,16,18H2,1-6H3. The van der Waals surface area contributed by atoms with Crippen LogP contribution in [0.25, 0.3) is 22.3 Å². The van der Waals surface area contributed by atoms with Crippen molar-refractivity contribution >= 4 is 22.4 Å². The second-order valence-electron chi connectivity index (χ2n) is 10.8.